The van der Waals surface area contributed by atoms with Gasteiger partial charge in [0.1, 0.15) is 13.2 Å². The number of amides is 1. The van der Waals surface area contributed by atoms with E-state index in [1.807, 2.05) is 24.3 Å². The van der Waals surface area contributed by atoms with E-state index >= 15 is 0 Å². The van der Waals surface area contributed by atoms with Crippen LogP contribution in [0.3, 0.4) is 0 Å². The molecule has 1 aliphatic heterocycles. The highest BCUT2D eigenvalue weighted by atomic mass is 32.2. The van der Waals surface area contributed by atoms with Crippen LogP contribution in [0.2, 0.25) is 0 Å². The number of sulfonamides is 1. The molecule has 1 aromatic heterocycles. The smallest absolute Gasteiger partial charge is 0.243 e. The molecular weight excluding hydrogens is 430 g/mol. The molecule has 0 bridgehead atoms. The number of aromatic nitrogens is 1. The van der Waals surface area contributed by atoms with E-state index in [2.05, 4.69) is 10.3 Å². The number of fused-ring (bicyclic) bond motifs is 1. The third kappa shape index (κ3) is 5.06. The molecule has 0 spiro atoms. The molecule has 166 valence electrons. The van der Waals surface area contributed by atoms with Crippen LogP contribution < -0.4 is 14.8 Å². The summed E-state index contributed by atoms with van der Waals surface area (Å²) in [5, 5.41) is 2.74. The Bertz CT molecular complexity index is 1200. The van der Waals surface area contributed by atoms with Crippen LogP contribution in [0, 0.1) is 0 Å². The lowest BCUT2D eigenvalue weighted by Gasteiger charge is -2.21. The number of carbonyl (C=O) groups excluding carboxylic acids is 1. The summed E-state index contributed by atoms with van der Waals surface area (Å²) in [5.74, 6) is 0.445. The van der Waals surface area contributed by atoms with Crippen LogP contribution in [0.4, 0.5) is 5.69 Å². The zero-order valence-electron chi connectivity index (χ0n) is 17.5. The van der Waals surface area contributed by atoms with Gasteiger partial charge in [0.15, 0.2) is 11.5 Å². The molecule has 0 atom stereocenters. The fraction of sp³-hybridized carbons (Fsp3) is 0.217. The normalized spacial score (nSPS) is 13.1. The maximum Gasteiger partial charge on any atom is 0.243 e. The molecule has 3 aromatic rings. The quantitative estimate of drug-likeness (QED) is 0.591. The molecule has 1 amide bonds. The van der Waals surface area contributed by atoms with Crippen molar-refractivity contribution < 1.29 is 22.7 Å². The monoisotopic (exact) mass is 453 g/mol. The Hall–Kier alpha value is -3.43. The van der Waals surface area contributed by atoms with Crippen LogP contribution in [-0.4, -0.2) is 50.4 Å². The molecule has 2 aromatic carbocycles. The Morgan fingerprint density at radius 3 is 2.34 bits per heavy atom. The standard InChI is InChI=1S/C23H23N3O5S/c1-26(32(28,29)20-6-7-21-22(15-20)31-13-12-30-21)16-23(27)25-19-4-2-17(3-5-19)14-18-8-10-24-11-9-18/h2-11,15H,12-14,16H2,1H3,(H,25,27). The minimum atomic E-state index is -3.87. The third-order valence-corrected chi connectivity index (χ3v) is 6.78. The Balaban J connectivity index is 1.37. The molecule has 2 heterocycles. The minimum absolute atomic E-state index is 0.0394. The summed E-state index contributed by atoms with van der Waals surface area (Å²) < 4.78 is 37.6. The van der Waals surface area contributed by atoms with Crippen LogP contribution in [0.5, 0.6) is 11.5 Å². The number of hydrogen-bond acceptors (Lipinski definition) is 6. The van der Waals surface area contributed by atoms with Gasteiger partial charge in [-0.3, -0.25) is 9.78 Å². The maximum atomic E-state index is 12.9. The summed E-state index contributed by atoms with van der Waals surface area (Å²) in [4.78, 5) is 16.5. The van der Waals surface area contributed by atoms with E-state index in [4.69, 9.17) is 9.47 Å². The van der Waals surface area contributed by atoms with E-state index in [-0.39, 0.29) is 11.4 Å². The van der Waals surface area contributed by atoms with Crippen molar-refractivity contribution in [2.24, 2.45) is 0 Å². The molecule has 0 saturated heterocycles. The predicted octanol–water partition coefficient (Wildman–Crippen LogP) is 2.70. The van der Waals surface area contributed by atoms with Crippen molar-refractivity contribution in [2.45, 2.75) is 11.3 Å². The lowest BCUT2D eigenvalue weighted by molar-refractivity contribution is -0.116. The van der Waals surface area contributed by atoms with Gasteiger partial charge in [0.2, 0.25) is 15.9 Å². The summed E-state index contributed by atoms with van der Waals surface area (Å²) in [7, 11) is -2.50. The summed E-state index contributed by atoms with van der Waals surface area (Å²) in [6.45, 7) is 0.454. The van der Waals surface area contributed by atoms with Gasteiger partial charge < -0.3 is 14.8 Å². The zero-order valence-corrected chi connectivity index (χ0v) is 18.3. The minimum Gasteiger partial charge on any atom is -0.486 e. The molecule has 4 rings (SSSR count). The van der Waals surface area contributed by atoms with Crippen LogP contribution in [0.25, 0.3) is 0 Å². The van der Waals surface area contributed by atoms with Crippen molar-refractivity contribution in [3.05, 3.63) is 78.1 Å². The van der Waals surface area contributed by atoms with E-state index in [1.54, 1.807) is 30.6 Å². The summed E-state index contributed by atoms with van der Waals surface area (Å²) in [6.07, 6.45) is 4.26. The first-order valence-electron chi connectivity index (χ1n) is 10.1. The Morgan fingerprint density at radius 2 is 1.62 bits per heavy atom. The van der Waals surface area contributed by atoms with E-state index in [1.165, 1.54) is 19.2 Å². The van der Waals surface area contributed by atoms with Crippen molar-refractivity contribution in [1.29, 1.82) is 0 Å². The van der Waals surface area contributed by atoms with Gasteiger partial charge in [0.05, 0.1) is 11.4 Å². The SMILES string of the molecule is CN(CC(=O)Nc1ccc(Cc2ccncc2)cc1)S(=O)(=O)c1ccc2c(c1)OCCO2. The van der Waals surface area contributed by atoms with Crippen molar-refractivity contribution >= 4 is 21.6 Å². The molecule has 0 saturated carbocycles. The maximum absolute atomic E-state index is 12.9. The highest BCUT2D eigenvalue weighted by Gasteiger charge is 2.25. The van der Waals surface area contributed by atoms with Crippen LogP contribution >= 0.6 is 0 Å². The molecule has 9 heteroatoms. The van der Waals surface area contributed by atoms with Gasteiger partial charge >= 0.3 is 0 Å². The Labute approximate surface area is 186 Å². The van der Waals surface area contributed by atoms with Gasteiger partial charge in [-0.2, -0.15) is 4.31 Å². The number of benzene rings is 2. The molecule has 1 N–H and O–H groups in total. The van der Waals surface area contributed by atoms with Gasteiger partial charge in [-0.1, -0.05) is 12.1 Å². The van der Waals surface area contributed by atoms with Crippen molar-refractivity contribution in [2.75, 3.05) is 32.1 Å². The van der Waals surface area contributed by atoms with Gasteiger partial charge in [-0.05, 0) is 53.9 Å². The molecule has 0 fully saturated rings. The average molecular weight is 454 g/mol. The third-order valence-electron chi connectivity index (χ3n) is 4.98. The van der Waals surface area contributed by atoms with E-state index < -0.39 is 15.9 Å². The average Bonchev–Trinajstić information content (AvgIpc) is 2.80. The highest BCUT2D eigenvalue weighted by molar-refractivity contribution is 7.89. The number of nitrogens with zero attached hydrogens (tertiary/aromatic N) is 2. The van der Waals surface area contributed by atoms with E-state index in [9.17, 15) is 13.2 Å². The topological polar surface area (TPSA) is 97.8 Å². The number of rotatable bonds is 7. The van der Waals surface area contributed by atoms with E-state index in [0.717, 1.165) is 21.9 Å². The fourth-order valence-electron chi connectivity index (χ4n) is 3.29. The predicted molar refractivity (Wildman–Crippen MR) is 119 cm³/mol. The number of hydrogen-bond donors (Lipinski definition) is 1. The summed E-state index contributed by atoms with van der Waals surface area (Å²) in [6, 6.07) is 15.8. The fourth-order valence-corrected chi connectivity index (χ4v) is 4.44. The Kier molecular flexibility index (Phi) is 6.38. The second-order valence-corrected chi connectivity index (χ2v) is 9.39. The number of nitrogens with one attached hydrogen (secondary N) is 1. The molecule has 0 unspecified atom stereocenters. The van der Waals surface area contributed by atoms with Crippen molar-refractivity contribution in [3.8, 4) is 11.5 Å². The summed E-state index contributed by atoms with van der Waals surface area (Å²) >= 11 is 0. The second-order valence-electron chi connectivity index (χ2n) is 7.34. The van der Waals surface area contributed by atoms with Gasteiger partial charge in [-0.25, -0.2) is 8.42 Å². The van der Waals surface area contributed by atoms with Crippen molar-refractivity contribution in [1.82, 2.24) is 9.29 Å². The lowest BCUT2D eigenvalue weighted by Crippen LogP contribution is -2.35. The Morgan fingerprint density at radius 1 is 0.969 bits per heavy atom. The molecule has 0 radical (unpaired) electrons. The number of anilines is 1. The van der Waals surface area contributed by atoms with Crippen LogP contribution in [0.1, 0.15) is 11.1 Å². The highest BCUT2D eigenvalue weighted by Crippen LogP contribution is 2.32. The first-order valence-corrected chi connectivity index (χ1v) is 11.5. The molecular formula is C23H23N3O5S. The molecule has 32 heavy (non-hydrogen) atoms. The number of ether oxygens (including phenoxy) is 2. The molecule has 8 nitrogen and oxygen atoms in total. The largest absolute Gasteiger partial charge is 0.486 e. The molecule has 0 aliphatic carbocycles. The summed E-state index contributed by atoms with van der Waals surface area (Å²) in [5.41, 5.74) is 2.83. The second kappa shape index (κ2) is 9.37. The number of likely N-dealkylation sites (N-methyl/N-ethyl adjacent to an activating group) is 1. The first-order chi connectivity index (χ1) is 15.4. The number of pyridine rings is 1. The number of carbonyl (C=O) groups is 1. The van der Waals surface area contributed by atoms with E-state index in [0.29, 0.717) is 30.4 Å². The van der Waals surface area contributed by atoms with Crippen LogP contribution in [0.15, 0.2) is 71.9 Å². The van der Waals surface area contributed by atoms with Gasteiger partial charge in [0, 0.05) is 31.2 Å². The van der Waals surface area contributed by atoms with Crippen molar-refractivity contribution in [3.63, 3.8) is 0 Å². The molecule has 1 aliphatic rings. The van der Waals surface area contributed by atoms with Gasteiger partial charge in [0.25, 0.3) is 0 Å². The zero-order chi connectivity index (χ0) is 22.6. The van der Waals surface area contributed by atoms with Crippen LogP contribution in [-0.2, 0) is 21.2 Å². The lowest BCUT2D eigenvalue weighted by atomic mass is 10.1. The van der Waals surface area contributed by atoms with Gasteiger partial charge in [-0.15, -0.1) is 0 Å². The first kappa shape index (κ1) is 21.8.